The second-order valence-corrected chi connectivity index (χ2v) is 8.41. The zero-order chi connectivity index (χ0) is 21.1. The molecule has 0 aliphatic heterocycles. The second-order valence-electron chi connectivity index (χ2n) is 7.11. The highest BCUT2D eigenvalue weighted by Gasteiger charge is 2.24. The summed E-state index contributed by atoms with van der Waals surface area (Å²) in [6.45, 7) is 1.83. The SMILES string of the molecule is COc1ccc(OC)c(NC(=O)[C@@H](C)Sc2nc(NC3CC3)c3ccccc3n2)c1. The zero-order valence-corrected chi connectivity index (χ0v) is 18.0. The molecule has 0 unspecified atom stereocenters. The number of amides is 1. The van der Waals surface area contributed by atoms with Gasteiger partial charge in [0.15, 0.2) is 5.16 Å². The first-order valence-corrected chi connectivity index (χ1v) is 10.7. The average molecular weight is 425 g/mol. The molecule has 3 aromatic rings. The van der Waals surface area contributed by atoms with Gasteiger partial charge in [0.25, 0.3) is 0 Å². The maximum absolute atomic E-state index is 12.8. The van der Waals surface area contributed by atoms with Crippen molar-refractivity contribution in [1.29, 1.82) is 0 Å². The molecule has 1 heterocycles. The second kappa shape index (κ2) is 8.79. The molecule has 1 atom stereocenters. The summed E-state index contributed by atoms with van der Waals surface area (Å²) in [5.41, 5.74) is 1.42. The summed E-state index contributed by atoms with van der Waals surface area (Å²) in [4.78, 5) is 22.2. The van der Waals surface area contributed by atoms with Crippen molar-refractivity contribution in [3.05, 3.63) is 42.5 Å². The normalized spacial score (nSPS) is 14.2. The molecule has 156 valence electrons. The molecule has 2 N–H and O–H groups in total. The highest BCUT2D eigenvalue weighted by molar-refractivity contribution is 8.00. The Hall–Kier alpha value is -3.00. The molecular weight excluding hydrogens is 400 g/mol. The first-order chi connectivity index (χ1) is 14.6. The van der Waals surface area contributed by atoms with Crippen LogP contribution in [0.15, 0.2) is 47.6 Å². The van der Waals surface area contributed by atoms with Crippen LogP contribution in [0.1, 0.15) is 19.8 Å². The lowest BCUT2D eigenvalue weighted by Gasteiger charge is -2.15. The van der Waals surface area contributed by atoms with E-state index in [1.807, 2.05) is 31.2 Å². The molecule has 1 aliphatic rings. The summed E-state index contributed by atoms with van der Waals surface area (Å²) in [5.74, 6) is 1.87. The van der Waals surface area contributed by atoms with Crippen molar-refractivity contribution in [2.45, 2.75) is 36.2 Å². The maximum Gasteiger partial charge on any atom is 0.237 e. The molecule has 1 fully saturated rings. The lowest BCUT2D eigenvalue weighted by molar-refractivity contribution is -0.115. The highest BCUT2D eigenvalue weighted by Crippen LogP contribution is 2.32. The van der Waals surface area contributed by atoms with Gasteiger partial charge in [0.2, 0.25) is 5.91 Å². The van der Waals surface area contributed by atoms with Gasteiger partial charge in [-0.25, -0.2) is 9.97 Å². The van der Waals surface area contributed by atoms with E-state index in [2.05, 4.69) is 20.6 Å². The zero-order valence-electron chi connectivity index (χ0n) is 17.1. The summed E-state index contributed by atoms with van der Waals surface area (Å²) < 4.78 is 10.6. The number of thioether (sulfide) groups is 1. The Bertz CT molecular complexity index is 1070. The molecule has 30 heavy (non-hydrogen) atoms. The van der Waals surface area contributed by atoms with Crippen molar-refractivity contribution in [1.82, 2.24) is 9.97 Å². The van der Waals surface area contributed by atoms with E-state index in [0.29, 0.717) is 28.4 Å². The minimum absolute atomic E-state index is 0.167. The minimum Gasteiger partial charge on any atom is -0.497 e. The molecule has 2 aromatic carbocycles. The van der Waals surface area contributed by atoms with Crippen molar-refractivity contribution in [3.8, 4) is 11.5 Å². The Kier molecular flexibility index (Phi) is 5.94. The van der Waals surface area contributed by atoms with Crippen LogP contribution in [-0.2, 0) is 4.79 Å². The number of nitrogens with zero attached hydrogens (tertiary/aromatic N) is 2. The van der Waals surface area contributed by atoms with Crippen LogP contribution in [0.3, 0.4) is 0 Å². The molecule has 0 radical (unpaired) electrons. The van der Waals surface area contributed by atoms with Gasteiger partial charge in [-0.15, -0.1) is 0 Å². The first-order valence-electron chi connectivity index (χ1n) is 9.80. The Balaban J connectivity index is 1.52. The van der Waals surface area contributed by atoms with Gasteiger partial charge >= 0.3 is 0 Å². The number of methoxy groups -OCH3 is 2. The van der Waals surface area contributed by atoms with Gasteiger partial charge in [-0.3, -0.25) is 4.79 Å². The van der Waals surface area contributed by atoms with Gasteiger partial charge in [-0.05, 0) is 44.0 Å². The third kappa shape index (κ3) is 4.59. The Morgan fingerprint density at radius 2 is 1.93 bits per heavy atom. The number of hydrogen-bond donors (Lipinski definition) is 2. The van der Waals surface area contributed by atoms with Crippen molar-refractivity contribution in [3.63, 3.8) is 0 Å². The number of anilines is 2. The van der Waals surface area contributed by atoms with Crippen LogP contribution in [0, 0.1) is 0 Å². The molecule has 4 rings (SSSR count). The number of nitrogens with one attached hydrogen (secondary N) is 2. The van der Waals surface area contributed by atoms with E-state index >= 15 is 0 Å². The fourth-order valence-electron chi connectivity index (χ4n) is 3.00. The van der Waals surface area contributed by atoms with E-state index in [1.54, 1.807) is 32.4 Å². The van der Waals surface area contributed by atoms with Crippen LogP contribution in [-0.4, -0.2) is 41.4 Å². The van der Waals surface area contributed by atoms with Gasteiger partial charge in [0, 0.05) is 17.5 Å². The predicted octanol–water partition coefficient (Wildman–Crippen LogP) is 4.34. The quantitative estimate of drug-likeness (QED) is 0.411. The summed E-state index contributed by atoms with van der Waals surface area (Å²) in [6.07, 6.45) is 2.31. The van der Waals surface area contributed by atoms with E-state index in [0.717, 1.165) is 29.6 Å². The van der Waals surface area contributed by atoms with Crippen LogP contribution in [0.4, 0.5) is 11.5 Å². The van der Waals surface area contributed by atoms with Gasteiger partial charge in [0.05, 0.1) is 30.7 Å². The van der Waals surface area contributed by atoms with Crippen LogP contribution in [0.25, 0.3) is 10.9 Å². The number of hydrogen-bond acceptors (Lipinski definition) is 7. The van der Waals surface area contributed by atoms with E-state index in [4.69, 9.17) is 9.47 Å². The van der Waals surface area contributed by atoms with Gasteiger partial charge in [-0.2, -0.15) is 0 Å². The Morgan fingerprint density at radius 1 is 1.13 bits per heavy atom. The number of rotatable bonds is 8. The van der Waals surface area contributed by atoms with E-state index < -0.39 is 5.25 Å². The fraction of sp³-hybridized carbons (Fsp3) is 0.318. The van der Waals surface area contributed by atoms with E-state index in [-0.39, 0.29) is 5.91 Å². The van der Waals surface area contributed by atoms with Crippen LogP contribution in [0.5, 0.6) is 11.5 Å². The smallest absolute Gasteiger partial charge is 0.237 e. The van der Waals surface area contributed by atoms with Crippen LogP contribution in [0.2, 0.25) is 0 Å². The lowest BCUT2D eigenvalue weighted by Crippen LogP contribution is -2.23. The Morgan fingerprint density at radius 3 is 2.67 bits per heavy atom. The third-order valence-corrected chi connectivity index (χ3v) is 5.78. The number of fused-ring (bicyclic) bond motifs is 1. The fourth-order valence-corrected chi connectivity index (χ4v) is 3.77. The van der Waals surface area contributed by atoms with Crippen molar-refractivity contribution in [2.24, 2.45) is 0 Å². The molecular formula is C22H24N4O3S. The molecule has 0 bridgehead atoms. The molecule has 0 saturated heterocycles. The summed E-state index contributed by atoms with van der Waals surface area (Å²) in [7, 11) is 3.14. The highest BCUT2D eigenvalue weighted by atomic mass is 32.2. The van der Waals surface area contributed by atoms with Crippen molar-refractivity contribution >= 4 is 40.1 Å². The average Bonchev–Trinajstić information content (AvgIpc) is 3.57. The van der Waals surface area contributed by atoms with Gasteiger partial charge in [-0.1, -0.05) is 23.9 Å². The molecule has 1 saturated carbocycles. The number of para-hydroxylation sites is 1. The summed E-state index contributed by atoms with van der Waals surface area (Å²) in [6, 6.07) is 13.7. The van der Waals surface area contributed by atoms with Crippen molar-refractivity contribution < 1.29 is 14.3 Å². The van der Waals surface area contributed by atoms with Crippen LogP contribution < -0.4 is 20.1 Å². The first kappa shape index (κ1) is 20.3. The number of carbonyl (C=O) groups excluding carboxylic acids is 1. The largest absolute Gasteiger partial charge is 0.497 e. The number of benzene rings is 2. The maximum atomic E-state index is 12.8. The number of carbonyl (C=O) groups is 1. The topological polar surface area (TPSA) is 85.4 Å². The van der Waals surface area contributed by atoms with Crippen LogP contribution >= 0.6 is 11.8 Å². The summed E-state index contributed by atoms with van der Waals surface area (Å²) >= 11 is 1.32. The molecule has 1 aromatic heterocycles. The lowest BCUT2D eigenvalue weighted by atomic mass is 10.2. The minimum atomic E-state index is -0.407. The molecule has 8 heteroatoms. The molecule has 0 spiro atoms. The standard InChI is InChI=1S/C22H24N4O3S/c1-13(21(27)24-18-12-15(28-2)10-11-19(18)29-3)30-22-25-17-7-5-4-6-16(17)20(26-22)23-14-8-9-14/h4-7,10-14H,8-9H2,1-3H3,(H,24,27)(H,23,25,26)/t13-/m1/s1. The van der Waals surface area contributed by atoms with E-state index in [1.165, 1.54) is 11.8 Å². The van der Waals surface area contributed by atoms with E-state index in [9.17, 15) is 4.79 Å². The van der Waals surface area contributed by atoms with Crippen molar-refractivity contribution in [2.75, 3.05) is 24.9 Å². The number of ether oxygens (including phenoxy) is 2. The van der Waals surface area contributed by atoms with Gasteiger partial charge in [0.1, 0.15) is 17.3 Å². The number of aromatic nitrogens is 2. The third-order valence-electron chi connectivity index (χ3n) is 4.82. The summed E-state index contributed by atoms with van der Waals surface area (Å²) in [5, 5.41) is 7.54. The molecule has 1 aliphatic carbocycles. The Labute approximate surface area is 179 Å². The van der Waals surface area contributed by atoms with Gasteiger partial charge < -0.3 is 20.1 Å². The molecule has 7 nitrogen and oxygen atoms in total. The predicted molar refractivity (Wildman–Crippen MR) is 120 cm³/mol. The monoisotopic (exact) mass is 424 g/mol. The molecule has 1 amide bonds.